The fraction of sp³-hybridized carbons (Fsp3) is 0.250. The summed E-state index contributed by atoms with van der Waals surface area (Å²) >= 11 is 0. The normalized spacial score (nSPS) is 12.2. The first kappa shape index (κ1) is 13.6. The van der Waals surface area contributed by atoms with E-state index in [9.17, 15) is 4.39 Å². The van der Waals surface area contributed by atoms with E-state index in [-0.39, 0.29) is 11.9 Å². The van der Waals surface area contributed by atoms with Gasteiger partial charge in [-0.3, -0.25) is 0 Å². The molecule has 0 radical (unpaired) electrons. The van der Waals surface area contributed by atoms with Gasteiger partial charge in [0.05, 0.1) is 0 Å². The number of aryl methyl sites for hydroxylation is 1. The zero-order chi connectivity index (χ0) is 13.8. The Morgan fingerprint density at radius 2 is 1.84 bits per heavy atom. The predicted octanol–water partition coefficient (Wildman–Crippen LogP) is 3.73. The highest BCUT2D eigenvalue weighted by atomic mass is 19.1. The SMILES string of the molecule is Cc1ccc(COc2cc(F)ccc2[C@H](C)N)cc1. The van der Waals surface area contributed by atoms with E-state index in [1.807, 2.05) is 38.1 Å². The number of halogens is 1. The Kier molecular flexibility index (Phi) is 4.17. The number of benzene rings is 2. The molecule has 100 valence electrons. The highest BCUT2D eigenvalue weighted by Gasteiger charge is 2.09. The van der Waals surface area contributed by atoms with E-state index >= 15 is 0 Å². The second-order valence-electron chi connectivity index (χ2n) is 4.75. The summed E-state index contributed by atoms with van der Waals surface area (Å²) in [6, 6.07) is 12.3. The summed E-state index contributed by atoms with van der Waals surface area (Å²) in [4.78, 5) is 0. The topological polar surface area (TPSA) is 35.2 Å². The van der Waals surface area contributed by atoms with Crippen molar-refractivity contribution in [1.29, 1.82) is 0 Å². The summed E-state index contributed by atoms with van der Waals surface area (Å²) in [6.07, 6.45) is 0. The van der Waals surface area contributed by atoms with Crippen molar-refractivity contribution < 1.29 is 9.13 Å². The van der Waals surface area contributed by atoms with Gasteiger partial charge in [0.1, 0.15) is 18.2 Å². The number of hydrogen-bond acceptors (Lipinski definition) is 2. The first-order valence-electron chi connectivity index (χ1n) is 6.29. The molecular formula is C16H18FNO. The highest BCUT2D eigenvalue weighted by Crippen LogP contribution is 2.25. The van der Waals surface area contributed by atoms with Gasteiger partial charge in [-0.2, -0.15) is 0 Å². The second kappa shape index (κ2) is 5.85. The first-order valence-corrected chi connectivity index (χ1v) is 6.29. The Morgan fingerprint density at radius 3 is 2.47 bits per heavy atom. The van der Waals surface area contributed by atoms with Gasteiger partial charge in [-0.25, -0.2) is 4.39 Å². The highest BCUT2D eigenvalue weighted by molar-refractivity contribution is 5.36. The van der Waals surface area contributed by atoms with Crippen molar-refractivity contribution in [2.75, 3.05) is 0 Å². The molecule has 2 N–H and O–H groups in total. The van der Waals surface area contributed by atoms with Crippen molar-refractivity contribution in [3.05, 3.63) is 65.0 Å². The minimum Gasteiger partial charge on any atom is -0.488 e. The van der Waals surface area contributed by atoms with Gasteiger partial charge < -0.3 is 10.5 Å². The lowest BCUT2D eigenvalue weighted by Gasteiger charge is -2.14. The maximum Gasteiger partial charge on any atom is 0.127 e. The van der Waals surface area contributed by atoms with Gasteiger partial charge in [0, 0.05) is 17.7 Å². The van der Waals surface area contributed by atoms with Crippen LogP contribution in [0.3, 0.4) is 0 Å². The second-order valence-corrected chi connectivity index (χ2v) is 4.75. The Hall–Kier alpha value is -1.87. The summed E-state index contributed by atoms with van der Waals surface area (Å²) < 4.78 is 19.0. The lowest BCUT2D eigenvalue weighted by molar-refractivity contribution is 0.300. The van der Waals surface area contributed by atoms with E-state index in [1.165, 1.54) is 17.7 Å². The van der Waals surface area contributed by atoms with Gasteiger partial charge in [-0.05, 0) is 25.5 Å². The van der Waals surface area contributed by atoms with Crippen LogP contribution in [0.2, 0.25) is 0 Å². The van der Waals surface area contributed by atoms with E-state index < -0.39 is 0 Å². The number of nitrogens with two attached hydrogens (primary N) is 1. The van der Waals surface area contributed by atoms with Crippen LogP contribution in [0.4, 0.5) is 4.39 Å². The molecule has 1 atom stereocenters. The van der Waals surface area contributed by atoms with Crippen molar-refractivity contribution in [3.63, 3.8) is 0 Å². The summed E-state index contributed by atoms with van der Waals surface area (Å²) in [5.41, 5.74) is 8.91. The zero-order valence-electron chi connectivity index (χ0n) is 11.2. The van der Waals surface area contributed by atoms with Crippen LogP contribution < -0.4 is 10.5 Å². The molecule has 0 aromatic heterocycles. The maximum atomic E-state index is 13.3. The van der Waals surface area contributed by atoms with Crippen LogP contribution in [-0.4, -0.2) is 0 Å². The molecule has 0 saturated carbocycles. The molecule has 0 bridgehead atoms. The monoisotopic (exact) mass is 259 g/mol. The van der Waals surface area contributed by atoms with Crippen LogP contribution >= 0.6 is 0 Å². The third-order valence-corrected chi connectivity index (χ3v) is 2.98. The summed E-state index contributed by atoms with van der Waals surface area (Å²) in [7, 11) is 0. The quantitative estimate of drug-likeness (QED) is 0.908. The fourth-order valence-electron chi connectivity index (χ4n) is 1.85. The zero-order valence-corrected chi connectivity index (χ0v) is 11.2. The third-order valence-electron chi connectivity index (χ3n) is 2.98. The van der Waals surface area contributed by atoms with Gasteiger partial charge in [-0.1, -0.05) is 35.9 Å². The molecule has 2 aromatic carbocycles. The largest absolute Gasteiger partial charge is 0.488 e. The van der Waals surface area contributed by atoms with E-state index in [1.54, 1.807) is 6.07 Å². The molecule has 0 spiro atoms. The number of ether oxygens (including phenoxy) is 1. The van der Waals surface area contributed by atoms with Crippen LogP contribution in [0.5, 0.6) is 5.75 Å². The minimum absolute atomic E-state index is 0.186. The minimum atomic E-state index is -0.316. The fourth-order valence-corrected chi connectivity index (χ4v) is 1.85. The van der Waals surface area contributed by atoms with E-state index in [4.69, 9.17) is 10.5 Å². The van der Waals surface area contributed by atoms with Gasteiger partial charge in [0.15, 0.2) is 0 Å². The molecule has 0 unspecified atom stereocenters. The van der Waals surface area contributed by atoms with Crippen LogP contribution in [0.1, 0.15) is 29.7 Å². The number of hydrogen-bond donors (Lipinski definition) is 1. The molecule has 2 rings (SSSR count). The Bertz CT molecular complexity index is 549. The molecule has 0 heterocycles. The van der Waals surface area contributed by atoms with Crippen LogP contribution in [0.25, 0.3) is 0 Å². The van der Waals surface area contributed by atoms with E-state index in [0.717, 1.165) is 11.1 Å². The Labute approximate surface area is 113 Å². The van der Waals surface area contributed by atoms with Crippen molar-refractivity contribution in [2.45, 2.75) is 26.5 Å². The van der Waals surface area contributed by atoms with E-state index in [0.29, 0.717) is 12.4 Å². The molecular weight excluding hydrogens is 241 g/mol. The lowest BCUT2D eigenvalue weighted by Crippen LogP contribution is -2.08. The van der Waals surface area contributed by atoms with Crippen LogP contribution in [0, 0.1) is 12.7 Å². The summed E-state index contributed by atoms with van der Waals surface area (Å²) in [5.74, 6) is 0.193. The molecule has 0 aliphatic heterocycles. The third kappa shape index (κ3) is 3.55. The Morgan fingerprint density at radius 1 is 1.16 bits per heavy atom. The smallest absolute Gasteiger partial charge is 0.127 e. The molecule has 0 aliphatic rings. The predicted molar refractivity (Wildman–Crippen MR) is 74.5 cm³/mol. The molecule has 0 aliphatic carbocycles. The molecule has 0 fully saturated rings. The Balaban J connectivity index is 2.14. The van der Waals surface area contributed by atoms with Gasteiger partial charge in [0.25, 0.3) is 0 Å². The van der Waals surface area contributed by atoms with Crippen molar-refractivity contribution in [1.82, 2.24) is 0 Å². The average molecular weight is 259 g/mol. The van der Waals surface area contributed by atoms with Crippen LogP contribution in [-0.2, 0) is 6.61 Å². The van der Waals surface area contributed by atoms with Crippen molar-refractivity contribution in [3.8, 4) is 5.75 Å². The average Bonchev–Trinajstić information content (AvgIpc) is 2.38. The van der Waals surface area contributed by atoms with Crippen LogP contribution in [0.15, 0.2) is 42.5 Å². The summed E-state index contributed by atoms with van der Waals surface area (Å²) in [5, 5.41) is 0. The van der Waals surface area contributed by atoms with Crippen molar-refractivity contribution >= 4 is 0 Å². The maximum absolute atomic E-state index is 13.3. The van der Waals surface area contributed by atoms with Gasteiger partial charge >= 0.3 is 0 Å². The van der Waals surface area contributed by atoms with Crippen molar-refractivity contribution in [2.24, 2.45) is 5.73 Å². The molecule has 0 amide bonds. The number of rotatable bonds is 4. The van der Waals surface area contributed by atoms with Gasteiger partial charge in [0.2, 0.25) is 0 Å². The first-order chi connectivity index (χ1) is 9.06. The summed E-state index contributed by atoms with van der Waals surface area (Å²) in [6.45, 7) is 4.29. The molecule has 2 aromatic rings. The molecule has 19 heavy (non-hydrogen) atoms. The molecule has 3 heteroatoms. The molecule has 0 saturated heterocycles. The lowest BCUT2D eigenvalue weighted by atomic mass is 10.1. The molecule has 2 nitrogen and oxygen atoms in total. The van der Waals surface area contributed by atoms with E-state index in [2.05, 4.69) is 0 Å². The van der Waals surface area contributed by atoms with Gasteiger partial charge in [-0.15, -0.1) is 0 Å². The standard InChI is InChI=1S/C16H18FNO/c1-11-3-5-13(6-4-11)10-19-16-9-14(17)7-8-15(16)12(2)18/h3-9,12H,10,18H2,1-2H3/t12-/m0/s1.